The molecule has 2 saturated carbocycles. The van der Waals surface area contributed by atoms with Crippen molar-refractivity contribution >= 4 is 18.3 Å². The van der Waals surface area contributed by atoms with Gasteiger partial charge in [-0.25, -0.2) is 0 Å². The van der Waals surface area contributed by atoms with Gasteiger partial charge < -0.3 is 11.1 Å². The lowest BCUT2D eigenvalue weighted by Crippen LogP contribution is -2.52. The Morgan fingerprint density at radius 2 is 1.65 bits per heavy atom. The summed E-state index contributed by atoms with van der Waals surface area (Å²) in [5, 5.41) is 3.36. The normalized spacial score (nSPS) is 21.6. The molecule has 2 aliphatic carbocycles. The Labute approximate surface area is 145 Å². The van der Waals surface area contributed by atoms with Gasteiger partial charge in [0.1, 0.15) is 0 Å². The van der Waals surface area contributed by atoms with Crippen molar-refractivity contribution in [1.82, 2.24) is 5.32 Å². The Kier molecular flexibility index (Phi) is 6.10. The molecule has 0 bridgehead atoms. The van der Waals surface area contributed by atoms with Crippen LogP contribution in [0.5, 0.6) is 0 Å². The zero-order valence-electron chi connectivity index (χ0n) is 13.9. The molecule has 3 rings (SSSR count). The zero-order chi connectivity index (χ0) is 15.5. The molecule has 3 nitrogen and oxygen atoms in total. The predicted molar refractivity (Wildman–Crippen MR) is 96.6 cm³/mol. The van der Waals surface area contributed by atoms with Gasteiger partial charge in [0, 0.05) is 6.42 Å². The van der Waals surface area contributed by atoms with E-state index in [0.29, 0.717) is 13.0 Å². The smallest absolute Gasteiger partial charge is 0.221 e. The number of rotatable bonds is 5. The first-order valence-corrected chi connectivity index (χ1v) is 8.75. The first-order chi connectivity index (χ1) is 10.7. The van der Waals surface area contributed by atoms with Crippen LogP contribution in [0.4, 0.5) is 0 Å². The van der Waals surface area contributed by atoms with E-state index < -0.39 is 0 Å². The second-order valence-corrected chi connectivity index (χ2v) is 7.29. The molecule has 0 saturated heterocycles. The van der Waals surface area contributed by atoms with E-state index in [1.807, 2.05) is 6.07 Å². The lowest BCUT2D eigenvalue weighted by molar-refractivity contribution is -0.127. The molecule has 0 spiro atoms. The number of nitrogens with two attached hydrogens (primary N) is 1. The summed E-state index contributed by atoms with van der Waals surface area (Å²) >= 11 is 0. The third kappa shape index (κ3) is 3.89. The zero-order valence-corrected chi connectivity index (χ0v) is 14.7. The van der Waals surface area contributed by atoms with Crippen molar-refractivity contribution in [3.8, 4) is 0 Å². The molecule has 128 valence electrons. The number of benzene rings is 1. The number of halogens is 1. The van der Waals surface area contributed by atoms with Crippen molar-refractivity contribution < 1.29 is 4.79 Å². The summed E-state index contributed by atoms with van der Waals surface area (Å²) in [6.07, 6.45) is 9.83. The van der Waals surface area contributed by atoms with Crippen LogP contribution in [0.15, 0.2) is 30.3 Å². The molecular formula is C19H29ClN2O. The molecule has 0 unspecified atom stereocenters. The molecule has 2 fully saturated rings. The first kappa shape index (κ1) is 18.3. The lowest BCUT2D eigenvalue weighted by Gasteiger charge is -2.44. The minimum Gasteiger partial charge on any atom is -0.347 e. The van der Waals surface area contributed by atoms with E-state index >= 15 is 0 Å². The molecule has 4 heteroatoms. The average Bonchev–Trinajstić information content (AvgIpc) is 2.52. The highest BCUT2D eigenvalue weighted by atomic mass is 35.5. The molecule has 2 aliphatic rings. The second kappa shape index (κ2) is 7.67. The van der Waals surface area contributed by atoms with E-state index in [4.69, 9.17) is 5.73 Å². The highest BCUT2D eigenvalue weighted by molar-refractivity contribution is 5.85. The van der Waals surface area contributed by atoms with Gasteiger partial charge in [0.05, 0.1) is 5.54 Å². The minimum atomic E-state index is -0.122. The Bertz CT molecular complexity index is 507. The van der Waals surface area contributed by atoms with E-state index in [0.717, 1.165) is 25.7 Å². The lowest BCUT2D eigenvalue weighted by atomic mass is 9.69. The van der Waals surface area contributed by atoms with Gasteiger partial charge in [-0.3, -0.25) is 4.79 Å². The fourth-order valence-corrected chi connectivity index (χ4v) is 4.18. The standard InChI is InChI=1S/C19H28N2O.ClH/c20-15-18(10-5-2-6-11-18)14-17(22)21-19(12-7-13-19)16-8-3-1-4-9-16;/h1,3-4,8-9H,2,5-7,10-15,20H2,(H,21,22);1H. The summed E-state index contributed by atoms with van der Waals surface area (Å²) in [6, 6.07) is 10.4. The van der Waals surface area contributed by atoms with E-state index in [-0.39, 0.29) is 29.3 Å². The van der Waals surface area contributed by atoms with Crippen LogP contribution in [0.25, 0.3) is 0 Å². The Morgan fingerprint density at radius 3 is 2.17 bits per heavy atom. The molecule has 1 aromatic carbocycles. The number of carbonyl (C=O) groups is 1. The van der Waals surface area contributed by atoms with Crippen molar-refractivity contribution in [1.29, 1.82) is 0 Å². The van der Waals surface area contributed by atoms with Gasteiger partial charge in [0.25, 0.3) is 0 Å². The monoisotopic (exact) mass is 336 g/mol. The highest BCUT2D eigenvalue weighted by Crippen LogP contribution is 2.43. The Balaban J connectivity index is 0.00000192. The number of hydrogen-bond donors (Lipinski definition) is 2. The molecule has 1 aromatic rings. The molecule has 0 aromatic heterocycles. The number of nitrogens with one attached hydrogen (secondary N) is 1. The largest absolute Gasteiger partial charge is 0.347 e. The average molecular weight is 337 g/mol. The second-order valence-electron chi connectivity index (χ2n) is 7.29. The van der Waals surface area contributed by atoms with E-state index in [1.54, 1.807) is 0 Å². The van der Waals surface area contributed by atoms with Crippen LogP contribution in [0.2, 0.25) is 0 Å². The van der Waals surface area contributed by atoms with Crippen molar-refractivity contribution in [2.24, 2.45) is 11.1 Å². The number of carbonyl (C=O) groups excluding carboxylic acids is 1. The molecule has 1 amide bonds. The van der Waals surface area contributed by atoms with Gasteiger partial charge in [-0.2, -0.15) is 0 Å². The third-order valence-electron chi connectivity index (χ3n) is 5.79. The van der Waals surface area contributed by atoms with Gasteiger partial charge >= 0.3 is 0 Å². The maximum absolute atomic E-state index is 12.7. The molecular weight excluding hydrogens is 308 g/mol. The molecule has 0 heterocycles. The molecule has 0 atom stereocenters. The maximum Gasteiger partial charge on any atom is 0.221 e. The summed E-state index contributed by atoms with van der Waals surface area (Å²) in [5.41, 5.74) is 7.20. The van der Waals surface area contributed by atoms with Crippen molar-refractivity contribution in [3.05, 3.63) is 35.9 Å². The van der Waals surface area contributed by atoms with Crippen LogP contribution in [0.1, 0.15) is 63.4 Å². The quantitative estimate of drug-likeness (QED) is 0.856. The van der Waals surface area contributed by atoms with Gasteiger partial charge in [0.15, 0.2) is 0 Å². The number of hydrogen-bond acceptors (Lipinski definition) is 2. The summed E-state index contributed by atoms with van der Waals surface area (Å²) in [4.78, 5) is 12.7. The maximum atomic E-state index is 12.7. The van der Waals surface area contributed by atoms with Crippen molar-refractivity contribution in [2.45, 2.75) is 63.3 Å². The van der Waals surface area contributed by atoms with Crippen molar-refractivity contribution in [2.75, 3.05) is 6.54 Å². The van der Waals surface area contributed by atoms with Crippen LogP contribution in [0, 0.1) is 5.41 Å². The summed E-state index contributed by atoms with van der Waals surface area (Å²) in [5.74, 6) is 0.191. The SMILES string of the molecule is Cl.NCC1(CC(=O)NC2(c3ccccc3)CCC2)CCCCC1. The molecule has 0 aliphatic heterocycles. The van der Waals surface area contributed by atoms with Gasteiger partial charge in [0.2, 0.25) is 5.91 Å². The van der Waals surface area contributed by atoms with E-state index in [1.165, 1.54) is 31.2 Å². The number of amides is 1. The highest BCUT2D eigenvalue weighted by Gasteiger charge is 2.41. The van der Waals surface area contributed by atoms with Crippen LogP contribution in [-0.4, -0.2) is 12.5 Å². The molecule has 3 N–H and O–H groups in total. The van der Waals surface area contributed by atoms with Crippen LogP contribution in [-0.2, 0) is 10.3 Å². The summed E-state index contributed by atoms with van der Waals surface area (Å²) in [7, 11) is 0. The fourth-order valence-electron chi connectivity index (χ4n) is 4.18. The molecule has 0 radical (unpaired) electrons. The van der Waals surface area contributed by atoms with Crippen molar-refractivity contribution in [3.63, 3.8) is 0 Å². The van der Waals surface area contributed by atoms with Gasteiger partial charge in [-0.1, -0.05) is 49.6 Å². The van der Waals surface area contributed by atoms with E-state index in [9.17, 15) is 4.79 Å². The molecule has 23 heavy (non-hydrogen) atoms. The minimum absolute atomic E-state index is 0. The third-order valence-corrected chi connectivity index (χ3v) is 5.79. The van der Waals surface area contributed by atoms with Gasteiger partial charge in [-0.15, -0.1) is 12.4 Å². The fraction of sp³-hybridized carbons (Fsp3) is 0.632. The Morgan fingerprint density at radius 1 is 1.00 bits per heavy atom. The van der Waals surface area contributed by atoms with Crippen LogP contribution < -0.4 is 11.1 Å². The first-order valence-electron chi connectivity index (χ1n) is 8.75. The predicted octanol–water partition coefficient (Wildman–Crippen LogP) is 3.90. The van der Waals surface area contributed by atoms with Crippen LogP contribution >= 0.6 is 12.4 Å². The topological polar surface area (TPSA) is 55.1 Å². The summed E-state index contributed by atoms with van der Waals surface area (Å²) in [6.45, 7) is 0.638. The summed E-state index contributed by atoms with van der Waals surface area (Å²) < 4.78 is 0. The Hall–Kier alpha value is -1.06. The van der Waals surface area contributed by atoms with E-state index in [2.05, 4.69) is 29.6 Å². The van der Waals surface area contributed by atoms with Crippen LogP contribution in [0.3, 0.4) is 0 Å². The van der Waals surface area contributed by atoms with Gasteiger partial charge in [-0.05, 0) is 49.6 Å².